The number of aromatic nitrogens is 1. The lowest BCUT2D eigenvalue weighted by Gasteiger charge is -2.26. The molecule has 1 aliphatic heterocycles. The Labute approximate surface area is 117 Å². The first-order chi connectivity index (χ1) is 9.06. The maximum Gasteiger partial charge on any atom is 0.213 e. The van der Waals surface area contributed by atoms with Gasteiger partial charge in [-0.1, -0.05) is 19.9 Å². The van der Waals surface area contributed by atoms with Gasteiger partial charge < -0.3 is 4.74 Å². The first-order valence-corrected chi connectivity index (χ1v) is 7.43. The molecule has 1 aliphatic rings. The van der Waals surface area contributed by atoms with E-state index in [9.17, 15) is 0 Å². The van der Waals surface area contributed by atoms with Crippen LogP contribution in [0.1, 0.15) is 52.1 Å². The van der Waals surface area contributed by atoms with Crippen molar-refractivity contribution in [3.63, 3.8) is 0 Å². The molecule has 2 heterocycles. The Morgan fingerprint density at radius 3 is 2.68 bits per heavy atom. The summed E-state index contributed by atoms with van der Waals surface area (Å²) in [5.41, 5.74) is 1.33. The van der Waals surface area contributed by atoms with E-state index in [1.165, 1.54) is 31.5 Å². The van der Waals surface area contributed by atoms with Crippen molar-refractivity contribution in [1.29, 1.82) is 0 Å². The largest absolute Gasteiger partial charge is 0.475 e. The maximum absolute atomic E-state index is 5.60. The molecule has 3 heteroatoms. The average molecular weight is 262 g/mol. The molecule has 0 N–H and O–H groups in total. The van der Waals surface area contributed by atoms with Crippen LogP contribution in [0.3, 0.4) is 0 Å². The molecular weight excluding hydrogens is 236 g/mol. The smallest absolute Gasteiger partial charge is 0.213 e. The average Bonchev–Trinajstić information content (AvgIpc) is 2.76. The molecule has 0 unspecified atom stereocenters. The summed E-state index contributed by atoms with van der Waals surface area (Å²) in [5.74, 6) is 1.45. The molecule has 2 rings (SSSR count). The molecule has 1 aromatic heterocycles. The van der Waals surface area contributed by atoms with E-state index in [4.69, 9.17) is 4.74 Å². The van der Waals surface area contributed by atoms with Gasteiger partial charge in [-0.05, 0) is 44.7 Å². The second-order valence-electron chi connectivity index (χ2n) is 6.14. The van der Waals surface area contributed by atoms with E-state index in [1.54, 1.807) is 0 Å². The first kappa shape index (κ1) is 14.3. The molecule has 1 aromatic rings. The predicted octanol–water partition coefficient (Wildman–Crippen LogP) is 3.66. The van der Waals surface area contributed by atoms with Crippen molar-refractivity contribution in [2.45, 2.75) is 52.7 Å². The second-order valence-corrected chi connectivity index (χ2v) is 6.14. The van der Waals surface area contributed by atoms with Crippen LogP contribution in [-0.2, 0) is 0 Å². The number of ether oxygens (including phenoxy) is 1. The van der Waals surface area contributed by atoms with Gasteiger partial charge in [-0.2, -0.15) is 0 Å². The van der Waals surface area contributed by atoms with Crippen LogP contribution in [0, 0.1) is 5.92 Å². The quantitative estimate of drug-likeness (QED) is 0.809. The van der Waals surface area contributed by atoms with Crippen LogP contribution in [-0.4, -0.2) is 29.1 Å². The van der Waals surface area contributed by atoms with Gasteiger partial charge in [0.1, 0.15) is 0 Å². The maximum atomic E-state index is 5.60. The van der Waals surface area contributed by atoms with Crippen LogP contribution in [0.25, 0.3) is 0 Å². The van der Waals surface area contributed by atoms with Gasteiger partial charge in [0.25, 0.3) is 0 Å². The van der Waals surface area contributed by atoms with Gasteiger partial charge in [-0.3, -0.25) is 4.90 Å². The number of nitrogens with zero attached hydrogens (tertiary/aromatic N) is 2. The lowest BCUT2D eigenvalue weighted by Crippen LogP contribution is -2.27. The molecule has 1 atom stereocenters. The van der Waals surface area contributed by atoms with E-state index in [2.05, 4.69) is 29.8 Å². The zero-order valence-electron chi connectivity index (χ0n) is 12.6. The molecule has 106 valence electrons. The molecule has 3 nitrogen and oxygen atoms in total. The van der Waals surface area contributed by atoms with E-state index in [0.29, 0.717) is 6.04 Å². The van der Waals surface area contributed by atoms with E-state index < -0.39 is 0 Å². The molecule has 0 saturated carbocycles. The van der Waals surface area contributed by atoms with Crippen molar-refractivity contribution < 1.29 is 4.74 Å². The van der Waals surface area contributed by atoms with Crippen LogP contribution < -0.4 is 4.74 Å². The Morgan fingerprint density at radius 2 is 2.11 bits per heavy atom. The summed E-state index contributed by atoms with van der Waals surface area (Å²) in [4.78, 5) is 7.02. The highest BCUT2D eigenvalue weighted by molar-refractivity contribution is 5.22. The minimum absolute atomic E-state index is 0.183. The summed E-state index contributed by atoms with van der Waals surface area (Å²) in [7, 11) is 0. The molecule has 0 bridgehead atoms. The van der Waals surface area contributed by atoms with Crippen molar-refractivity contribution in [2.75, 3.05) is 13.1 Å². The Kier molecular flexibility index (Phi) is 4.81. The third-order valence-corrected chi connectivity index (χ3v) is 3.46. The van der Waals surface area contributed by atoms with Crippen LogP contribution in [0.2, 0.25) is 0 Å². The molecule has 0 spiro atoms. The van der Waals surface area contributed by atoms with Gasteiger partial charge in [0.05, 0.1) is 6.10 Å². The molecule has 0 aliphatic carbocycles. The highest BCUT2D eigenvalue weighted by Gasteiger charge is 2.26. The zero-order valence-corrected chi connectivity index (χ0v) is 12.6. The van der Waals surface area contributed by atoms with Gasteiger partial charge in [-0.25, -0.2) is 4.98 Å². The number of likely N-dealkylation sites (tertiary alicyclic amines) is 1. The van der Waals surface area contributed by atoms with Crippen LogP contribution in [0.5, 0.6) is 5.88 Å². The summed E-state index contributed by atoms with van der Waals surface area (Å²) >= 11 is 0. The lowest BCUT2D eigenvalue weighted by atomic mass is 10.1. The normalized spacial score (nSPS) is 20.4. The van der Waals surface area contributed by atoms with Gasteiger partial charge in [0.2, 0.25) is 5.88 Å². The Balaban J connectivity index is 2.04. The third-order valence-electron chi connectivity index (χ3n) is 3.46. The van der Waals surface area contributed by atoms with Gasteiger partial charge in [-0.15, -0.1) is 0 Å². The third kappa shape index (κ3) is 3.93. The van der Waals surface area contributed by atoms with E-state index in [0.717, 1.165) is 11.8 Å². The highest BCUT2D eigenvalue weighted by atomic mass is 16.5. The number of rotatable bonds is 5. The number of pyridine rings is 1. The zero-order chi connectivity index (χ0) is 13.8. The Hall–Kier alpha value is -1.09. The molecule has 1 saturated heterocycles. The monoisotopic (exact) mass is 262 g/mol. The number of hydrogen-bond acceptors (Lipinski definition) is 3. The SMILES string of the molecule is CC(C)CN1CCC[C@H]1c1ccc(OC(C)C)nc1. The van der Waals surface area contributed by atoms with Crippen molar-refractivity contribution in [1.82, 2.24) is 9.88 Å². The molecule has 1 fully saturated rings. The first-order valence-electron chi connectivity index (χ1n) is 7.43. The minimum Gasteiger partial charge on any atom is -0.475 e. The van der Waals surface area contributed by atoms with Crippen LogP contribution in [0.4, 0.5) is 0 Å². The fraction of sp³-hybridized carbons (Fsp3) is 0.688. The topological polar surface area (TPSA) is 25.4 Å². The summed E-state index contributed by atoms with van der Waals surface area (Å²) in [6.45, 7) is 11.0. The highest BCUT2D eigenvalue weighted by Crippen LogP contribution is 2.32. The molecule has 0 radical (unpaired) electrons. The lowest BCUT2D eigenvalue weighted by molar-refractivity contribution is 0.224. The summed E-state index contributed by atoms with van der Waals surface area (Å²) in [6, 6.07) is 4.72. The minimum atomic E-state index is 0.183. The Bertz CT molecular complexity index is 386. The molecule has 0 amide bonds. The van der Waals surface area contributed by atoms with Gasteiger partial charge >= 0.3 is 0 Å². The second kappa shape index (κ2) is 6.38. The molecular formula is C16H26N2O. The molecule has 0 aromatic carbocycles. The summed E-state index contributed by atoms with van der Waals surface area (Å²) in [5, 5.41) is 0. The Morgan fingerprint density at radius 1 is 1.32 bits per heavy atom. The van der Waals surface area contributed by atoms with Crippen LogP contribution >= 0.6 is 0 Å². The standard InChI is InChI=1S/C16H26N2O/c1-12(2)11-18-9-5-6-15(18)14-7-8-16(17-10-14)19-13(3)4/h7-8,10,12-13,15H,5-6,9,11H2,1-4H3/t15-/m0/s1. The van der Waals surface area contributed by atoms with Crippen molar-refractivity contribution >= 4 is 0 Å². The van der Waals surface area contributed by atoms with Crippen LogP contribution in [0.15, 0.2) is 18.3 Å². The molecule has 19 heavy (non-hydrogen) atoms. The number of hydrogen-bond donors (Lipinski definition) is 0. The fourth-order valence-corrected chi connectivity index (χ4v) is 2.79. The summed E-state index contributed by atoms with van der Waals surface area (Å²) < 4.78 is 5.60. The summed E-state index contributed by atoms with van der Waals surface area (Å²) in [6.07, 6.45) is 4.71. The fourth-order valence-electron chi connectivity index (χ4n) is 2.79. The van der Waals surface area contributed by atoms with Gasteiger partial charge in [0, 0.05) is 24.8 Å². The van der Waals surface area contributed by atoms with Crippen molar-refractivity contribution in [3.05, 3.63) is 23.9 Å². The van der Waals surface area contributed by atoms with E-state index >= 15 is 0 Å². The van der Waals surface area contributed by atoms with E-state index in [-0.39, 0.29) is 6.10 Å². The van der Waals surface area contributed by atoms with Crippen molar-refractivity contribution in [3.8, 4) is 5.88 Å². The predicted molar refractivity (Wildman–Crippen MR) is 78.4 cm³/mol. The van der Waals surface area contributed by atoms with Gasteiger partial charge in [0.15, 0.2) is 0 Å². The van der Waals surface area contributed by atoms with Crippen molar-refractivity contribution in [2.24, 2.45) is 5.92 Å². The van der Waals surface area contributed by atoms with E-state index in [1.807, 2.05) is 26.1 Å².